The normalized spacial score (nSPS) is 17.9. The number of carbonyl (C=O) groups excluding carboxylic acids is 2. The summed E-state index contributed by atoms with van der Waals surface area (Å²) in [5, 5.41) is 5.80. The van der Waals surface area contributed by atoms with Crippen LogP contribution in [0.3, 0.4) is 0 Å². The number of anilines is 2. The van der Waals surface area contributed by atoms with E-state index in [4.69, 9.17) is 0 Å². The minimum atomic E-state index is -0.440. The van der Waals surface area contributed by atoms with Crippen LogP contribution in [0.15, 0.2) is 18.2 Å². The zero-order valence-electron chi connectivity index (χ0n) is 12.7. The van der Waals surface area contributed by atoms with Gasteiger partial charge in [0.1, 0.15) is 0 Å². The Morgan fingerprint density at radius 3 is 2.50 bits per heavy atom. The third kappa shape index (κ3) is 2.69. The molecule has 0 fully saturated rings. The van der Waals surface area contributed by atoms with E-state index in [1.54, 1.807) is 0 Å². The minimum absolute atomic E-state index is 0.0316. The van der Waals surface area contributed by atoms with Crippen LogP contribution in [0, 0.1) is 11.3 Å². The van der Waals surface area contributed by atoms with Gasteiger partial charge in [0.25, 0.3) is 0 Å². The number of carbonyl (C=O) groups is 2. The molecule has 1 atom stereocenters. The van der Waals surface area contributed by atoms with E-state index in [0.717, 1.165) is 16.9 Å². The Balaban J connectivity index is 2.29. The third-order valence-electron chi connectivity index (χ3n) is 3.53. The summed E-state index contributed by atoms with van der Waals surface area (Å²) in [5.74, 6) is 0.0893. The fourth-order valence-electron chi connectivity index (χ4n) is 2.34. The molecule has 4 heteroatoms. The second-order valence-corrected chi connectivity index (χ2v) is 6.72. The van der Waals surface area contributed by atoms with Crippen molar-refractivity contribution in [3.05, 3.63) is 23.8 Å². The molecule has 2 amide bonds. The summed E-state index contributed by atoms with van der Waals surface area (Å²) >= 11 is 0. The Bertz CT molecular complexity index is 556. The molecule has 0 spiro atoms. The molecule has 4 nitrogen and oxygen atoms in total. The molecule has 1 aromatic rings. The van der Waals surface area contributed by atoms with Gasteiger partial charge in [-0.3, -0.25) is 9.59 Å². The molecule has 1 heterocycles. The Labute approximate surface area is 119 Å². The maximum Gasteiger partial charge on any atom is 0.232 e. The fraction of sp³-hybridized carbons (Fsp3) is 0.500. The van der Waals surface area contributed by atoms with E-state index in [1.165, 1.54) is 0 Å². The van der Waals surface area contributed by atoms with Crippen molar-refractivity contribution in [1.29, 1.82) is 0 Å². The number of nitrogens with one attached hydrogen (secondary N) is 2. The van der Waals surface area contributed by atoms with E-state index in [-0.39, 0.29) is 23.7 Å². The number of hydrogen-bond acceptors (Lipinski definition) is 2. The summed E-state index contributed by atoms with van der Waals surface area (Å²) in [7, 11) is 0. The molecule has 0 bridgehead atoms. The SMILES string of the molecule is CC(C)C1C(=O)Nc2ccc(NC(=O)C(C)(C)C)cc21. The zero-order chi connectivity index (χ0) is 15.1. The average molecular weight is 274 g/mol. The van der Waals surface area contributed by atoms with Crippen molar-refractivity contribution >= 4 is 23.2 Å². The van der Waals surface area contributed by atoms with Crippen LogP contribution in [0.1, 0.15) is 46.1 Å². The Morgan fingerprint density at radius 2 is 1.95 bits per heavy atom. The largest absolute Gasteiger partial charge is 0.326 e. The molecule has 20 heavy (non-hydrogen) atoms. The van der Waals surface area contributed by atoms with Crippen molar-refractivity contribution in [3.63, 3.8) is 0 Å². The topological polar surface area (TPSA) is 58.2 Å². The van der Waals surface area contributed by atoms with Crippen LogP contribution in [0.5, 0.6) is 0 Å². The quantitative estimate of drug-likeness (QED) is 0.868. The summed E-state index contributed by atoms with van der Waals surface area (Å²) < 4.78 is 0. The molecule has 0 aromatic heterocycles. The number of benzene rings is 1. The molecule has 108 valence electrons. The zero-order valence-corrected chi connectivity index (χ0v) is 12.7. The highest BCUT2D eigenvalue weighted by Gasteiger charge is 2.33. The summed E-state index contributed by atoms with van der Waals surface area (Å²) in [6.45, 7) is 9.67. The van der Waals surface area contributed by atoms with Crippen LogP contribution in [0.25, 0.3) is 0 Å². The number of rotatable bonds is 2. The number of amides is 2. The molecule has 0 saturated heterocycles. The van der Waals surface area contributed by atoms with Gasteiger partial charge in [-0.2, -0.15) is 0 Å². The maximum atomic E-state index is 12.0. The molecule has 0 aliphatic carbocycles. The summed E-state index contributed by atoms with van der Waals surface area (Å²) in [6, 6.07) is 5.58. The highest BCUT2D eigenvalue weighted by Crippen LogP contribution is 2.38. The predicted octanol–water partition coefficient (Wildman–Crippen LogP) is 3.36. The maximum absolute atomic E-state index is 12.0. The second-order valence-electron chi connectivity index (χ2n) is 6.72. The number of fused-ring (bicyclic) bond motifs is 1. The van der Waals surface area contributed by atoms with E-state index in [0.29, 0.717) is 0 Å². The van der Waals surface area contributed by atoms with Gasteiger partial charge in [0.05, 0.1) is 5.92 Å². The van der Waals surface area contributed by atoms with Gasteiger partial charge < -0.3 is 10.6 Å². The van der Waals surface area contributed by atoms with Crippen molar-refractivity contribution in [2.75, 3.05) is 10.6 Å². The minimum Gasteiger partial charge on any atom is -0.326 e. The van der Waals surface area contributed by atoms with Gasteiger partial charge in [0.15, 0.2) is 0 Å². The monoisotopic (exact) mass is 274 g/mol. The van der Waals surface area contributed by atoms with E-state index in [1.807, 2.05) is 52.8 Å². The van der Waals surface area contributed by atoms with Crippen LogP contribution in [0.2, 0.25) is 0 Å². The fourth-order valence-corrected chi connectivity index (χ4v) is 2.34. The first-order valence-corrected chi connectivity index (χ1v) is 6.96. The van der Waals surface area contributed by atoms with Gasteiger partial charge in [0, 0.05) is 16.8 Å². The molecule has 0 radical (unpaired) electrons. The lowest BCUT2D eigenvalue weighted by Gasteiger charge is -2.19. The molecule has 2 N–H and O–H groups in total. The molecule has 1 aliphatic heterocycles. The van der Waals surface area contributed by atoms with Gasteiger partial charge >= 0.3 is 0 Å². The summed E-state index contributed by atoms with van der Waals surface area (Å²) in [4.78, 5) is 24.0. The smallest absolute Gasteiger partial charge is 0.232 e. The molecule has 1 aromatic carbocycles. The summed E-state index contributed by atoms with van der Waals surface area (Å²) in [5.41, 5.74) is 2.12. The van der Waals surface area contributed by atoms with Gasteiger partial charge in [-0.15, -0.1) is 0 Å². The van der Waals surface area contributed by atoms with Crippen molar-refractivity contribution in [2.45, 2.75) is 40.5 Å². The van der Waals surface area contributed by atoms with Gasteiger partial charge in [-0.1, -0.05) is 34.6 Å². The van der Waals surface area contributed by atoms with Crippen molar-refractivity contribution < 1.29 is 9.59 Å². The Morgan fingerprint density at radius 1 is 1.30 bits per heavy atom. The molecule has 0 saturated carbocycles. The van der Waals surface area contributed by atoms with Crippen LogP contribution in [-0.2, 0) is 9.59 Å². The Kier molecular flexibility index (Phi) is 3.59. The van der Waals surface area contributed by atoms with Crippen molar-refractivity contribution in [2.24, 2.45) is 11.3 Å². The molecular formula is C16H22N2O2. The van der Waals surface area contributed by atoms with E-state index in [2.05, 4.69) is 10.6 Å². The molecule has 1 unspecified atom stereocenters. The lowest BCUT2D eigenvalue weighted by molar-refractivity contribution is -0.123. The Hall–Kier alpha value is -1.84. The third-order valence-corrected chi connectivity index (χ3v) is 3.53. The van der Waals surface area contributed by atoms with Crippen LogP contribution >= 0.6 is 0 Å². The average Bonchev–Trinajstić information content (AvgIpc) is 2.63. The first-order valence-electron chi connectivity index (χ1n) is 6.96. The first-order chi connectivity index (χ1) is 9.20. The predicted molar refractivity (Wildman–Crippen MR) is 80.7 cm³/mol. The standard InChI is InChI=1S/C16H22N2O2/c1-9(2)13-11-8-10(17-15(20)16(3,4)5)6-7-12(11)18-14(13)19/h6-9,13H,1-5H3,(H,17,20)(H,18,19). The highest BCUT2D eigenvalue weighted by atomic mass is 16.2. The first kappa shape index (κ1) is 14.6. The van der Waals surface area contributed by atoms with E-state index >= 15 is 0 Å². The van der Waals surface area contributed by atoms with Crippen LogP contribution in [0.4, 0.5) is 11.4 Å². The van der Waals surface area contributed by atoms with E-state index in [9.17, 15) is 9.59 Å². The van der Waals surface area contributed by atoms with Crippen LogP contribution in [-0.4, -0.2) is 11.8 Å². The molecule has 1 aliphatic rings. The lowest BCUT2D eigenvalue weighted by Crippen LogP contribution is -2.27. The number of hydrogen-bond donors (Lipinski definition) is 2. The van der Waals surface area contributed by atoms with E-state index < -0.39 is 5.41 Å². The second kappa shape index (κ2) is 4.93. The highest BCUT2D eigenvalue weighted by molar-refractivity contribution is 6.04. The molecular weight excluding hydrogens is 252 g/mol. The van der Waals surface area contributed by atoms with Crippen LogP contribution < -0.4 is 10.6 Å². The van der Waals surface area contributed by atoms with Gasteiger partial charge in [-0.25, -0.2) is 0 Å². The van der Waals surface area contributed by atoms with Crippen molar-refractivity contribution in [1.82, 2.24) is 0 Å². The van der Waals surface area contributed by atoms with Gasteiger partial charge in [0.2, 0.25) is 11.8 Å². The summed E-state index contributed by atoms with van der Waals surface area (Å²) in [6.07, 6.45) is 0. The van der Waals surface area contributed by atoms with Crippen molar-refractivity contribution in [3.8, 4) is 0 Å². The van der Waals surface area contributed by atoms with Gasteiger partial charge in [-0.05, 0) is 29.7 Å². The molecule has 2 rings (SSSR count). The lowest BCUT2D eigenvalue weighted by atomic mass is 9.89.